The average molecular weight is 194 g/mol. The van der Waals surface area contributed by atoms with Crippen LogP contribution in [0.25, 0.3) is 0 Å². The van der Waals surface area contributed by atoms with Crippen LogP contribution in [-0.2, 0) is 0 Å². The summed E-state index contributed by atoms with van der Waals surface area (Å²) < 4.78 is 0. The van der Waals surface area contributed by atoms with Gasteiger partial charge in [0.2, 0.25) is 0 Å². The van der Waals surface area contributed by atoms with Crippen LogP contribution in [0.5, 0.6) is 0 Å². The van der Waals surface area contributed by atoms with Gasteiger partial charge in [0.25, 0.3) is 0 Å². The van der Waals surface area contributed by atoms with Crippen molar-refractivity contribution in [2.75, 3.05) is 13.2 Å². The molecule has 1 aromatic rings. The van der Waals surface area contributed by atoms with Crippen molar-refractivity contribution >= 4 is 0 Å². The Morgan fingerprint density at radius 3 is 3.00 bits per heavy atom. The Balaban J connectivity index is 2.25. The lowest BCUT2D eigenvalue weighted by Gasteiger charge is -2.13. The zero-order valence-corrected chi connectivity index (χ0v) is 8.61. The third-order valence-corrected chi connectivity index (χ3v) is 2.22. The summed E-state index contributed by atoms with van der Waals surface area (Å²) in [7, 11) is 0. The van der Waals surface area contributed by atoms with Crippen LogP contribution in [0, 0.1) is 0 Å². The van der Waals surface area contributed by atoms with E-state index >= 15 is 0 Å². The molecule has 3 heteroatoms. The van der Waals surface area contributed by atoms with Gasteiger partial charge in [0, 0.05) is 25.0 Å². The lowest BCUT2D eigenvalue weighted by Crippen LogP contribution is -2.20. The lowest BCUT2D eigenvalue weighted by molar-refractivity contribution is 0.283. The van der Waals surface area contributed by atoms with Crippen molar-refractivity contribution in [3.63, 3.8) is 0 Å². The largest absolute Gasteiger partial charge is 0.396 e. The van der Waals surface area contributed by atoms with E-state index in [4.69, 9.17) is 5.11 Å². The van der Waals surface area contributed by atoms with Crippen LogP contribution >= 0.6 is 0 Å². The van der Waals surface area contributed by atoms with E-state index < -0.39 is 0 Å². The minimum atomic E-state index is 0.281. The molecule has 0 aromatic carbocycles. The average Bonchev–Trinajstić information content (AvgIpc) is 2.25. The van der Waals surface area contributed by atoms with E-state index in [-0.39, 0.29) is 6.61 Å². The molecule has 0 spiro atoms. The van der Waals surface area contributed by atoms with Crippen LogP contribution in [0.3, 0.4) is 0 Å². The molecule has 0 aliphatic carbocycles. The fourth-order valence-corrected chi connectivity index (χ4v) is 1.31. The number of nitrogens with zero attached hydrogens (tertiary/aromatic N) is 1. The number of rotatable bonds is 6. The van der Waals surface area contributed by atoms with E-state index in [1.54, 1.807) is 6.20 Å². The van der Waals surface area contributed by atoms with E-state index in [2.05, 4.69) is 23.3 Å². The number of hydrogen-bond acceptors (Lipinski definition) is 3. The zero-order valence-electron chi connectivity index (χ0n) is 8.61. The minimum Gasteiger partial charge on any atom is -0.396 e. The highest BCUT2D eigenvalue weighted by Crippen LogP contribution is 2.09. The molecule has 2 N–H and O–H groups in total. The monoisotopic (exact) mass is 194 g/mol. The van der Waals surface area contributed by atoms with Crippen molar-refractivity contribution in [2.45, 2.75) is 25.8 Å². The van der Waals surface area contributed by atoms with Crippen molar-refractivity contribution in [3.05, 3.63) is 30.1 Å². The molecular weight excluding hydrogens is 176 g/mol. The second-order valence-electron chi connectivity index (χ2n) is 3.39. The molecule has 3 nitrogen and oxygen atoms in total. The van der Waals surface area contributed by atoms with Gasteiger partial charge in [-0.2, -0.15) is 0 Å². The second kappa shape index (κ2) is 6.51. The molecule has 0 bridgehead atoms. The van der Waals surface area contributed by atoms with Gasteiger partial charge in [0.1, 0.15) is 0 Å². The molecule has 78 valence electrons. The summed E-state index contributed by atoms with van der Waals surface area (Å²) in [5.41, 5.74) is 1.21. The third kappa shape index (κ3) is 3.85. The van der Waals surface area contributed by atoms with Gasteiger partial charge in [0.05, 0.1) is 0 Å². The van der Waals surface area contributed by atoms with Crippen LogP contribution in [0.2, 0.25) is 0 Å². The van der Waals surface area contributed by atoms with Gasteiger partial charge < -0.3 is 10.4 Å². The quantitative estimate of drug-likeness (QED) is 0.675. The number of aliphatic hydroxyl groups excluding tert-OH is 1. The molecule has 1 aromatic heterocycles. The van der Waals surface area contributed by atoms with Gasteiger partial charge in [-0.15, -0.1) is 0 Å². The summed E-state index contributed by atoms with van der Waals surface area (Å²) in [5, 5.41) is 12.0. The van der Waals surface area contributed by atoms with Crippen LogP contribution < -0.4 is 5.32 Å². The van der Waals surface area contributed by atoms with Gasteiger partial charge in [-0.05, 0) is 37.9 Å². The first kappa shape index (κ1) is 11.1. The maximum absolute atomic E-state index is 8.61. The number of aromatic nitrogens is 1. The molecule has 14 heavy (non-hydrogen) atoms. The van der Waals surface area contributed by atoms with E-state index in [1.807, 2.05) is 12.3 Å². The van der Waals surface area contributed by atoms with Crippen molar-refractivity contribution in [1.29, 1.82) is 0 Å². The molecule has 0 fully saturated rings. The SMILES string of the molecule is C[C@H](NCCCCO)c1cccnc1. The predicted octanol–water partition coefficient (Wildman–Crippen LogP) is 1.50. The lowest BCUT2D eigenvalue weighted by atomic mass is 10.1. The molecule has 0 saturated heterocycles. The number of unbranched alkanes of at least 4 members (excludes halogenated alkanes) is 1. The Labute approximate surface area is 85.2 Å². The van der Waals surface area contributed by atoms with E-state index in [1.165, 1.54) is 5.56 Å². The molecule has 0 saturated carbocycles. The molecule has 1 atom stereocenters. The van der Waals surface area contributed by atoms with E-state index in [9.17, 15) is 0 Å². The minimum absolute atomic E-state index is 0.281. The number of nitrogens with one attached hydrogen (secondary N) is 1. The Hall–Kier alpha value is -0.930. The first-order chi connectivity index (χ1) is 6.84. The first-order valence-electron chi connectivity index (χ1n) is 5.08. The Morgan fingerprint density at radius 1 is 1.50 bits per heavy atom. The number of aliphatic hydroxyl groups is 1. The first-order valence-corrected chi connectivity index (χ1v) is 5.08. The molecule has 0 aliphatic heterocycles. The molecular formula is C11H18N2O. The fourth-order valence-electron chi connectivity index (χ4n) is 1.31. The van der Waals surface area contributed by atoms with Crippen LogP contribution in [0.1, 0.15) is 31.4 Å². The highest BCUT2D eigenvalue weighted by atomic mass is 16.2. The highest BCUT2D eigenvalue weighted by Gasteiger charge is 2.02. The topological polar surface area (TPSA) is 45.1 Å². The molecule has 0 unspecified atom stereocenters. The summed E-state index contributed by atoms with van der Waals surface area (Å²) in [5.74, 6) is 0. The predicted molar refractivity (Wildman–Crippen MR) is 57.0 cm³/mol. The molecule has 0 amide bonds. The van der Waals surface area contributed by atoms with Crippen molar-refractivity contribution < 1.29 is 5.11 Å². The Morgan fingerprint density at radius 2 is 2.36 bits per heavy atom. The molecule has 0 radical (unpaired) electrons. The second-order valence-corrected chi connectivity index (χ2v) is 3.39. The number of pyridine rings is 1. The maximum atomic E-state index is 8.61. The summed E-state index contributed by atoms with van der Waals surface area (Å²) in [6.07, 6.45) is 5.54. The number of hydrogen-bond donors (Lipinski definition) is 2. The van der Waals surface area contributed by atoms with Gasteiger partial charge >= 0.3 is 0 Å². The van der Waals surface area contributed by atoms with Gasteiger partial charge in [-0.3, -0.25) is 4.98 Å². The highest BCUT2D eigenvalue weighted by molar-refractivity contribution is 5.12. The zero-order chi connectivity index (χ0) is 10.2. The van der Waals surface area contributed by atoms with Gasteiger partial charge in [0.15, 0.2) is 0 Å². The van der Waals surface area contributed by atoms with Crippen LogP contribution in [-0.4, -0.2) is 23.2 Å². The van der Waals surface area contributed by atoms with Crippen molar-refractivity contribution in [2.24, 2.45) is 0 Å². The van der Waals surface area contributed by atoms with Crippen LogP contribution in [0.4, 0.5) is 0 Å². The Bertz CT molecular complexity index is 238. The standard InChI is InChI=1S/C11H18N2O/c1-10(13-7-2-3-8-14)11-5-4-6-12-9-11/h4-6,9-10,13-14H,2-3,7-8H2,1H3/t10-/m0/s1. The maximum Gasteiger partial charge on any atom is 0.0431 e. The van der Waals surface area contributed by atoms with Gasteiger partial charge in [-0.25, -0.2) is 0 Å². The van der Waals surface area contributed by atoms with Gasteiger partial charge in [-0.1, -0.05) is 6.07 Å². The van der Waals surface area contributed by atoms with Crippen LogP contribution in [0.15, 0.2) is 24.5 Å². The summed E-state index contributed by atoms with van der Waals surface area (Å²) in [6, 6.07) is 4.35. The normalized spacial score (nSPS) is 12.7. The molecule has 1 heterocycles. The fraction of sp³-hybridized carbons (Fsp3) is 0.545. The molecule has 0 aliphatic rings. The van der Waals surface area contributed by atoms with E-state index in [0.717, 1.165) is 19.4 Å². The van der Waals surface area contributed by atoms with Crippen molar-refractivity contribution in [1.82, 2.24) is 10.3 Å². The van der Waals surface area contributed by atoms with E-state index in [0.29, 0.717) is 6.04 Å². The summed E-state index contributed by atoms with van der Waals surface area (Å²) >= 11 is 0. The third-order valence-electron chi connectivity index (χ3n) is 2.22. The smallest absolute Gasteiger partial charge is 0.0431 e. The summed E-state index contributed by atoms with van der Waals surface area (Å²) in [6.45, 7) is 3.34. The molecule has 1 rings (SSSR count). The summed E-state index contributed by atoms with van der Waals surface area (Å²) in [4.78, 5) is 4.07. The van der Waals surface area contributed by atoms with Crippen molar-refractivity contribution in [3.8, 4) is 0 Å². The Kier molecular flexibility index (Phi) is 5.19.